The summed E-state index contributed by atoms with van der Waals surface area (Å²) in [6.07, 6.45) is 1.53. The van der Waals surface area contributed by atoms with Crippen LogP contribution in [0.2, 0.25) is 0 Å². The van der Waals surface area contributed by atoms with Crippen molar-refractivity contribution in [2.75, 3.05) is 11.9 Å². The maximum Gasteiger partial charge on any atom is 0.352 e. The van der Waals surface area contributed by atoms with Crippen LogP contribution < -0.4 is 4.90 Å². The molecule has 20 heavy (non-hydrogen) atoms. The SMILES string of the molecule is CN(C(=O)Cn1cccc1C(=O)O)c1ccc(F)cc1. The lowest BCUT2D eigenvalue weighted by molar-refractivity contribution is -0.118. The molecule has 0 atom stereocenters. The van der Waals surface area contributed by atoms with Gasteiger partial charge in [-0.25, -0.2) is 9.18 Å². The predicted molar refractivity (Wildman–Crippen MR) is 71.2 cm³/mol. The number of likely N-dealkylation sites (N-methyl/N-ethyl adjacent to an activating group) is 1. The molecule has 1 N–H and O–H groups in total. The van der Waals surface area contributed by atoms with Crippen LogP contribution in [0, 0.1) is 5.82 Å². The molecule has 5 nitrogen and oxygen atoms in total. The molecule has 2 aromatic rings. The topological polar surface area (TPSA) is 62.5 Å². The van der Waals surface area contributed by atoms with Gasteiger partial charge in [0.25, 0.3) is 0 Å². The Hall–Kier alpha value is -2.63. The van der Waals surface area contributed by atoms with Crippen molar-refractivity contribution >= 4 is 17.6 Å². The van der Waals surface area contributed by atoms with E-state index in [2.05, 4.69) is 0 Å². The number of carbonyl (C=O) groups is 2. The third-order valence-electron chi connectivity index (χ3n) is 2.94. The van der Waals surface area contributed by atoms with Crippen LogP contribution in [0.25, 0.3) is 0 Å². The van der Waals surface area contributed by atoms with Gasteiger partial charge in [-0.15, -0.1) is 0 Å². The number of amides is 1. The first-order chi connectivity index (χ1) is 9.49. The minimum absolute atomic E-state index is 0.0471. The van der Waals surface area contributed by atoms with E-state index in [-0.39, 0.29) is 24.0 Å². The summed E-state index contributed by atoms with van der Waals surface area (Å²) in [7, 11) is 1.56. The molecule has 0 aliphatic carbocycles. The first kappa shape index (κ1) is 13.8. The van der Waals surface area contributed by atoms with Gasteiger partial charge in [-0.2, -0.15) is 0 Å². The Balaban J connectivity index is 2.13. The van der Waals surface area contributed by atoms with E-state index in [4.69, 9.17) is 5.11 Å². The molecule has 0 unspecified atom stereocenters. The number of carboxylic acids is 1. The number of carbonyl (C=O) groups excluding carboxylic acids is 1. The summed E-state index contributed by atoms with van der Waals surface area (Å²) in [6.45, 7) is -0.0947. The van der Waals surface area contributed by atoms with Gasteiger partial charge in [-0.05, 0) is 36.4 Å². The van der Waals surface area contributed by atoms with Gasteiger partial charge in [-0.1, -0.05) is 0 Å². The Morgan fingerprint density at radius 1 is 1.25 bits per heavy atom. The Morgan fingerprint density at radius 3 is 2.50 bits per heavy atom. The van der Waals surface area contributed by atoms with Gasteiger partial charge < -0.3 is 14.6 Å². The average molecular weight is 276 g/mol. The van der Waals surface area contributed by atoms with E-state index in [1.807, 2.05) is 0 Å². The largest absolute Gasteiger partial charge is 0.477 e. The van der Waals surface area contributed by atoms with Crippen LogP contribution in [-0.4, -0.2) is 28.6 Å². The number of benzene rings is 1. The second-order valence-electron chi connectivity index (χ2n) is 4.26. The number of nitrogens with zero attached hydrogens (tertiary/aromatic N) is 2. The minimum atomic E-state index is -1.09. The summed E-state index contributed by atoms with van der Waals surface area (Å²) in [6, 6.07) is 8.49. The normalized spacial score (nSPS) is 10.3. The second-order valence-corrected chi connectivity index (χ2v) is 4.26. The van der Waals surface area contributed by atoms with Crippen LogP contribution in [0.3, 0.4) is 0 Å². The van der Waals surface area contributed by atoms with Crippen molar-refractivity contribution in [3.05, 3.63) is 54.1 Å². The fourth-order valence-corrected chi connectivity index (χ4v) is 1.81. The first-order valence-corrected chi connectivity index (χ1v) is 5.89. The molecule has 0 bridgehead atoms. The smallest absolute Gasteiger partial charge is 0.352 e. The van der Waals surface area contributed by atoms with E-state index in [1.54, 1.807) is 13.1 Å². The Bertz CT molecular complexity index is 634. The molecule has 0 saturated carbocycles. The van der Waals surface area contributed by atoms with E-state index in [0.29, 0.717) is 5.69 Å². The maximum absolute atomic E-state index is 12.8. The standard InChI is InChI=1S/C14H13FN2O3/c1-16(11-6-4-10(15)5-7-11)13(18)9-17-8-2-3-12(17)14(19)20/h2-8H,9H2,1H3,(H,19,20). The fraction of sp³-hybridized carbons (Fsp3) is 0.143. The van der Waals surface area contributed by atoms with Crippen molar-refractivity contribution in [3.8, 4) is 0 Å². The lowest BCUT2D eigenvalue weighted by Crippen LogP contribution is -2.30. The van der Waals surface area contributed by atoms with E-state index in [9.17, 15) is 14.0 Å². The van der Waals surface area contributed by atoms with Crippen LogP contribution in [0.15, 0.2) is 42.6 Å². The molecular weight excluding hydrogens is 263 g/mol. The number of aromatic nitrogens is 1. The van der Waals surface area contributed by atoms with Crippen LogP contribution in [-0.2, 0) is 11.3 Å². The first-order valence-electron chi connectivity index (χ1n) is 5.89. The highest BCUT2D eigenvalue weighted by atomic mass is 19.1. The molecule has 0 saturated heterocycles. The molecule has 1 amide bonds. The highest BCUT2D eigenvalue weighted by Gasteiger charge is 2.15. The van der Waals surface area contributed by atoms with E-state index in [0.717, 1.165) is 0 Å². The third kappa shape index (κ3) is 2.85. The number of aromatic carboxylic acids is 1. The quantitative estimate of drug-likeness (QED) is 0.928. The number of halogens is 1. The minimum Gasteiger partial charge on any atom is -0.477 e. The molecule has 0 aliphatic heterocycles. The number of carboxylic acid groups (broad SMARTS) is 1. The van der Waals surface area contributed by atoms with Crippen molar-refractivity contribution in [2.45, 2.75) is 6.54 Å². The molecule has 0 fully saturated rings. The lowest BCUT2D eigenvalue weighted by Gasteiger charge is -2.18. The van der Waals surface area contributed by atoms with Gasteiger partial charge >= 0.3 is 5.97 Å². The van der Waals surface area contributed by atoms with Gasteiger partial charge in [-0.3, -0.25) is 4.79 Å². The molecule has 1 aromatic carbocycles. The van der Waals surface area contributed by atoms with Crippen molar-refractivity contribution < 1.29 is 19.1 Å². The van der Waals surface area contributed by atoms with Crippen molar-refractivity contribution in [1.82, 2.24) is 4.57 Å². The van der Waals surface area contributed by atoms with Gasteiger partial charge in [0.05, 0.1) is 0 Å². The average Bonchev–Trinajstić information content (AvgIpc) is 2.87. The summed E-state index contributed by atoms with van der Waals surface area (Å²) in [5.41, 5.74) is 0.589. The number of hydrogen-bond acceptors (Lipinski definition) is 2. The summed E-state index contributed by atoms with van der Waals surface area (Å²) >= 11 is 0. The Kier molecular flexibility index (Phi) is 3.84. The summed E-state index contributed by atoms with van der Waals surface area (Å²) < 4.78 is 14.2. The monoisotopic (exact) mass is 276 g/mol. The fourth-order valence-electron chi connectivity index (χ4n) is 1.81. The molecule has 0 aliphatic rings. The zero-order valence-corrected chi connectivity index (χ0v) is 10.8. The van der Waals surface area contributed by atoms with Gasteiger partial charge in [0.15, 0.2) is 0 Å². The molecule has 0 spiro atoms. The maximum atomic E-state index is 12.8. The molecular formula is C14H13FN2O3. The van der Waals surface area contributed by atoms with Crippen LogP contribution >= 0.6 is 0 Å². The van der Waals surface area contributed by atoms with E-state index >= 15 is 0 Å². The van der Waals surface area contributed by atoms with Crippen molar-refractivity contribution in [3.63, 3.8) is 0 Å². The van der Waals surface area contributed by atoms with Crippen LogP contribution in [0.4, 0.5) is 10.1 Å². The molecule has 1 heterocycles. The van der Waals surface area contributed by atoms with Crippen molar-refractivity contribution in [2.24, 2.45) is 0 Å². The van der Waals surface area contributed by atoms with E-state index in [1.165, 1.54) is 46.0 Å². The second kappa shape index (κ2) is 5.56. The molecule has 2 rings (SSSR count). The number of anilines is 1. The Labute approximate surface area is 114 Å². The third-order valence-corrected chi connectivity index (χ3v) is 2.94. The molecule has 0 radical (unpaired) electrons. The van der Waals surface area contributed by atoms with Gasteiger partial charge in [0.1, 0.15) is 18.1 Å². The molecule has 104 valence electrons. The zero-order valence-electron chi connectivity index (χ0n) is 10.8. The number of rotatable bonds is 4. The van der Waals surface area contributed by atoms with E-state index < -0.39 is 5.97 Å². The predicted octanol–water partition coefficient (Wildman–Crippen LogP) is 1.99. The lowest BCUT2D eigenvalue weighted by atomic mass is 10.3. The van der Waals surface area contributed by atoms with Gasteiger partial charge in [0, 0.05) is 18.9 Å². The summed E-state index contributed by atoms with van der Waals surface area (Å²) in [5.74, 6) is -1.77. The Morgan fingerprint density at radius 2 is 1.90 bits per heavy atom. The van der Waals surface area contributed by atoms with Crippen LogP contribution in [0.5, 0.6) is 0 Å². The van der Waals surface area contributed by atoms with Crippen molar-refractivity contribution in [1.29, 1.82) is 0 Å². The number of hydrogen-bond donors (Lipinski definition) is 1. The zero-order chi connectivity index (χ0) is 14.7. The van der Waals surface area contributed by atoms with Crippen LogP contribution in [0.1, 0.15) is 10.5 Å². The van der Waals surface area contributed by atoms with Gasteiger partial charge in [0.2, 0.25) is 5.91 Å². The summed E-state index contributed by atoms with van der Waals surface area (Å²) in [4.78, 5) is 24.4. The highest BCUT2D eigenvalue weighted by Crippen LogP contribution is 2.14. The highest BCUT2D eigenvalue weighted by molar-refractivity contribution is 5.93. The summed E-state index contributed by atoms with van der Waals surface area (Å²) in [5, 5.41) is 8.97. The molecule has 6 heteroatoms. The molecule has 1 aromatic heterocycles.